The molecule has 3 atom stereocenters. The summed E-state index contributed by atoms with van der Waals surface area (Å²) < 4.78 is 5.22. The first-order valence-corrected chi connectivity index (χ1v) is 8.77. The number of hydrogen-bond acceptors (Lipinski definition) is 3. The van der Waals surface area contributed by atoms with Crippen LogP contribution in [-0.2, 0) is 5.72 Å². The SMILES string of the molecule is COc1ccc(C2CCC(C[C@@](N)(O)c3cccc(Cl)c3)C2)cc1. The van der Waals surface area contributed by atoms with Crippen LogP contribution in [0.4, 0.5) is 0 Å². The first kappa shape index (κ1) is 17.3. The molecule has 24 heavy (non-hydrogen) atoms. The third-order valence-electron chi connectivity index (χ3n) is 5.05. The lowest BCUT2D eigenvalue weighted by atomic mass is 9.89. The van der Waals surface area contributed by atoms with Gasteiger partial charge in [-0.15, -0.1) is 0 Å². The number of halogens is 1. The summed E-state index contributed by atoms with van der Waals surface area (Å²) in [6.45, 7) is 0. The Balaban J connectivity index is 1.64. The summed E-state index contributed by atoms with van der Waals surface area (Å²) in [4.78, 5) is 0. The van der Waals surface area contributed by atoms with Crippen molar-refractivity contribution in [2.45, 2.75) is 37.3 Å². The molecule has 4 heteroatoms. The normalized spacial score (nSPS) is 23.0. The summed E-state index contributed by atoms with van der Waals surface area (Å²) in [7, 11) is 1.68. The molecule has 0 spiro atoms. The fourth-order valence-electron chi connectivity index (χ4n) is 3.75. The highest BCUT2D eigenvalue weighted by Gasteiger charge is 2.33. The summed E-state index contributed by atoms with van der Waals surface area (Å²) in [5.41, 5.74) is 6.88. The second-order valence-electron chi connectivity index (χ2n) is 6.79. The Bertz CT molecular complexity index is 684. The monoisotopic (exact) mass is 345 g/mol. The number of aliphatic hydroxyl groups is 1. The maximum absolute atomic E-state index is 10.7. The van der Waals surface area contributed by atoms with Crippen molar-refractivity contribution in [3.8, 4) is 5.75 Å². The molecule has 0 radical (unpaired) electrons. The molecule has 0 heterocycles. The minimum atomic E-state index is -1.33. The smallest absolute Gasteiger partial charge is 0.139 e. The summed E-state index contributed by atoms with van der Waals surface area (Å²) in [5.74, 6) is 1.81. The van der Waals surface area contributed by atoms with Gasteiger partial charge in [-0.25, -0.2) is 0 Å². The molecule has 128 valence electrons. The number of ether oxygens (including phenoxy) is 1. The zero-order valence-electron chi connectivity index (χ0n) is 13.9. The molecule has 1 saturated carbocycles. The van der Waals surface area contributed by atoms with Gasteiger partial charge in [0.25, 0.3) is 0 Å². The molecule has 0 bridgehead atoms. The van der Waals surface area contributed by atoms with E-state index in [0.29, 0.717) is 28.8 Å². The first-order valence-electron chi connectivity index (χ1n) is 8.39. The van der Waals surface area contributed by atoms with Crippen molar-refractivity contribution in [3.63, 3.8) is 0 Å². The Kier molecular flexibility index (Phi) is 5.14. The summed E-state index contributed by atoms with van der Waals surface area (Å²) >= 11 is 6.02. The van der Waals surface area contributed by atoms with E-state index >= 15 is 0 Å². The summed E-state index contributed by atoms with van der Waals surface area (Å²) in [6.07, 6.45) is 3.81. The lowest BCUT2D eigenvalue weighted by Gasteiger charge is -2.27. The Hall–Kier alpha value is -1.55. The molecule has 2 aromatic rings. The highest BCUT2D eigenvalue weighted by atomic mass is 35.5. The van der Waals surface area contributed by atoms with Crippen LogP contribution in [0.25, 0.3) is 0 Å². The largest absolute Gasteiger partial charge is 0.497 e. The molecular weight excluding hydrogens is 322 g/mol. The molecule has 2 aromatic carbocycles. The van der Waals surface area contributed by atoms with Crippen LogP contribution in [0.1, 0.15) is 42.7 Å². The molecule has 0 amide bonds. The van der Waals surface area contributed by atoms with Crippen molar-refractivity contribution in [3.05, 3.63) is 64.7 Å². The Morgan fingerprint density at radius 1 is 1.21 bits per heavy atom. The maximum Gasteiger partial charge on any atom is 0.139 e. The summed E-state index contributed by atoms with van der Waals surface area (Å²) in [6, 6.07) is 15.5. The number of nitrogens with two attached hydrogens (primary N) is 1. The van der Waals surface area contributed by atoms with Gasteiger partial charge in [-0.3, -0.25) is 5.73 Å². The Morgan fingerprint density at radius 2 is 1.96 bits per heavy atom. The fourth-order valence-corrected chi connectivity index (χ4v) is 3.95. The fraction of sp³-hybridized carbons (Fsp3) is 0.400. The molecular formula is C20H24ClNO2. The van der Waals surface area contributed by atoms with Crippen LogP contribution in [0.15, 0.2) is 48.5 Å². The van der Waals surface area contributed by atoms with Gasteiger partial charge < -0.3 is 9.84 Å². The van der Waals surface area contributed by atoms with E-state index in [0.717, 1.165) is 25.0 Å². The van der Waals surface area contributed by atoms with E-state index in [9.17, 15) is 5.11 Å². The predicted octanol–water partition coefficient (Wildman–Crippen LogP) is 4.43. The Morgan fingerprint density at radius 3 is 2.62 bits per heavy atom. The highest BCUT2D eigenvalue weighted by molar-refractivity contribution is 6.30. The third kappa shape index (κ3) is 3.92. The topological polar surface area (TPSA) is 55.5 Å². The van der Waals surface area contributed by atoms with Crippen molar-refractivity contribution < 1.29 is 9.84 Å². The van der Waals surface area contributed by atoms with E-state index in [1.165, 1.54) is 5.56 Å². The Labute approximate surface area is 148 Å². The van der Waals surface area contributed by atoms with Gasteiger partial charge in [0.15, 0.2) is 0 Å². The van der Waals surface area contributed by atoms with Crippen LogP contribution in [0.5, 0.6) is 5.75 Å². The highest BCUT2D eigenvalue weighted by Crippen LogP contribution is 2.42. The maximum atomic E-state index is 10.7. The molecule has 0 aromatic heterocycles. The van der Waals surface area contributed by atoms with Gasteiger partial charge in [-0.1, -0.05) is 35.9 Å². The number of benzene rings is 2. The van der Waals surface area contributed by atoms with Crippen LogP contribution < -0.4 is 10.5 Å². The number of hydrogen-bond donors (Lipinski definition) is 2. The van der Waals surface area contributed by atoms with Crippen LogP contribution in [0.3, 0.4) is 0 Å². The van der Waals surface area contributed by atoms with Gasteiger partial charge in [0, 0.05) is 5.02 Å². The van der Waals surface area contributed by atoms with Crippen molar-refractivity contribution in [1.29, 1.82) is 0 Å². The standard InChI is InChI=1S/C20H24ClNO2/c1-24-19-9-7-15(8-10-19)16-6-5-14(11-16)13-20(22,23)17-3-2-4-18(21)12-17/h2-4,7-10,12,14,16,23H,5-6,11,13,22H2,1H3/t14?,16?,20-/m1/s1. The zero-order valence-corrected chi connectivity index (χ0v) is 14.7. The van der Waals surface area contributed by atoms with Gasteiger partial charge in [0.2, 0.25) is 0 Å². The minimum absolute atomic E-state index is 0.408. The average Bonchev–Trinajstić information content (AvgIpc) is 3.03. The van der Waals surface area contributed by atoms with Gasteiger partial charge in [0.1, 0.15) is 11.5 Å². The minimum Gasteiger partial charge on any atom is -0.497 e. The van der Waals surface area contributed by atoms with Gasteiger partial charge in [-0.2, -0.15) is 0 Å². The van der Waals surface area contributed by atoms with E-state index in [2.05, 4.69) is 12.1 Å². The van der Waals surface area contributed by atoms with Crippen LogP contribution in [0.2, 0.25) is 5.02 Å². The molecule has 0 saturated heterocycles. The first-order chi connectivity index (χ1) is 11.5. The zero-order chi connectivity index (χ0) is 17.2. The van der Waals surface area contributed by atoms with Crippen molar-refractivity contribution >= 4 is 11.6 Å². The predicted molar refractivity (Wildman–Crippen MR) is 97.2 cm³/mol. The third-order valence-corrected chi connectivity index (χ3v) is 5.29. The van der Waals surface area contributed by atoms with E-state index in [1.807, 2.05) is 24.3 Å². The quantitative estimate of drug-likeness (QED) is 0.788. The lowest BCUT2D eigenvalue weighted by Crippen LogP contribution is -2.38. The molecule has 0 aliphatic heterocycles. The molecule has 1 aliphatic rings. The molecule has 3 N–H and O–H groups in total. The molecule has 3 rings (SSSR count). The molecule has 1 aliphatic carbocycles. The van der Waals surface area contributed by atoms with Gasteiger partial charge in [0.05, 0.1) is 7.11 Å². The second kappa shape index (κ2) is 7.14. The van der Waals surface area contributed by atoms with Crippen molar-refractivity contribution in [1.82, 2.24) is 0 Å². The van der Waals surface area contributed by atoms with E-state index in [1.54, 1.807) is 19.2 Å². The molecule has 2 unspecified atom stereocenters. The average molecular weight is 346 g/mol. The van der Waals surface area contributed by atoms with Gasteiger partial charge >= 0.3 is 0 Å². The lowest BCUT2D eigenvalue weighted by molar-refractivity contribution is 0.0177. The van der Waals surface area contributed by atoms with E-state index < -0.39 is 5.72 Å². The number of methoxy groups -OCH3 is 1. The molecule has 3 nitrogen and oxygen atoms in total. The van der Waals surface area contributed by atoms with E-state index in [-0.39, 0.29) is 0 Å². The molecule has 1 fully saturated rings. The van der Waals surface area contributed by atoms with E-state index in [4.69, 9.17) is 22.1 Å². The van der Waals surface area contributed by atoms with Crippen molar-refractivity contribution in [2.24, 2.45) is 11.7 Å². The number of rotatable bonds is 5. The van der Waals surface area contributed by atoms with Crippen molar-refractivity contribution in [2.75, 3.05) is 7.11 Å². The van der Waals surface area contributed by atoms with Crippen LogP contribution in [0, 0.1) is 5.92 Å². The summed E-state index contributed by atoms with van der Waals surface area (Å²) in [5, 5.41) is 11.3. The van der Waals surface area contributed by atoms with Crippen LogP contribution in [-0.4, -0.2) is 12.2 Å². The second-order valence-corrected chi connectivity index (χ2v) is 7.22. The van der Waals surface area contributed by atoms with Crippen LogP contribution >= 0.6 is 11.6 Å². The van der Waals surface area contributed by atoms with Gasteiger partial charge in [-0.05, 0) is 72.9 Å².